The molecule has 2 aromatic rings. The van der Waals surface area contributed by atoms with Crippen molar-refractivity contribution in [3.8, 4) is 6.07 Å². The molecule has 0 bridgehead atoms. The Morgan fingerprint density at radius 1 is 1.39 bits per heavy atom. The fraction of sp³-hybridized carbons (Fsp3) is 0.286. The van der Waals surface area contributed by atoms with Gasteiger partial charge >= 0.3 is 0 Å². The summed E-state index contributed by atoms with van der Waals surface area (Å²) in [7, 11) is 0. The molecule has 18 heavy (non-hydrogen) atoms. The minimum atomic E-state index is 0.0510. The average molecular weight is 257 g/mol. The van der Waals surface area contributed by atoms with Crippen LogP contribution in [-0.2, 0) is 0 Å². The number of aromatic nitrogens is 1. The molecule has 0 aliphatic carbocycles. The summed E-state index contributed by atoms with van der Waals surface area (Å²) >= 11 is 1.63. The van der Waals surface area contributed by atoms with Gasteiger partial charge in [0.1, 0.15) is 5.01 Å². The van der Waals surface area contributed by atoms with Crippen LogP contribution >= 0.6 is 11.3 Å². The molecule has 1 aromatic heterocycles. The van der Waals surface area contributed by atoms with E-state index in [2.05, 4.69) is 23.3 Å². The molecule has 0 fully saturated rings. The number of nitrogens with zero attached hydrogens (tertiary/aromatic N) is 2. The molecule has 3 nitrogen and oxygen atoms in total. The molecule has 2 unspecified atom stereocenters. The van der Waals surface area contributed by atoms with Gasteiger partial charge in [0.25, 0.3) is 0 Å². The van der Waals surface area contributed by atoms with E-state index in [4.69, 9.17) is 5.26 Å². The molecule has 1 N–H and O–H groups in total. The van der Waals surface area contributed by atoms with Gasteiger partial charge in [-0.25, -0.2) is 4.98 Å². The van der Waals surface area contributed by atoms with E-state index in [0.29, 0.717) is 6.42 Å². The van der Waals surface area contributed by atoms with Crippen LogP contribution in [0, 0.1) is 11.3 Å². The SMILES string of the molecule is CC(NC(CC#N)c1ccccc1)c1nccs1. The second-order valence-corrected chi connectivity index (χ2v) is 5.01. The molecule has 0 saturated carbocycles. The van der Waals surface area contributed by atoms with Gasteiger partial charge in [-0.2, -0.15) is 5.26 Å². The zero-order valence-corrected chi connectivity index (χ0v) is 11.0. The Morgan fingerprint density at radius 2 is 2.17 bits per heavy atom. The maximum Gasteiger partial charge on any atom is 0.109 e. The first-order valence-corrected chi connectivity index (χ1v) is 6.76. The summed E-state index contributed by atoms with van der Waals surface area (Å²) in [4.78, 5) is 4.30. The Kier molecular flexibility index (Phi) is 4.46. The monoisotopic (exact) mass is 257 g/mol. The van der Waals surface area contributed by atoms with Gasteiger partial charge in [-0.05, 0) is 12.5 Å². The van der Waals surface area contributed by atoms with E-state index < -0.39 is 0 Å². The first-order valence-electron chi connectivity index (χ1n) is 5.88. The molecule has 0 aliphatic rings. The minimum Gasteiger partial charge on any atom is -0.300 e. The van der Waals surface area contributed by atoms with E-state index in [-0.39, 0.29) is 12.1 Å². The molecule has 0 saturated heterocycles. The van der Waals surface area contributed by atoms with Crippen molar-refractivity contribution in [2.24, 2.45) is 0 Å². The molecule has 1 aromatic carbocycles. The summed E-state index contributed by atoms with van der Waals surface area (Å²) < 4.78 is 0. The fourth-order valence-electron chi connectivity index (χ4n) is 1.87. The van der Waals surface area contributed by atoms with E-state index >= 15 is 0 Å². The number of nitrogens with one attached hydrogen (secondary N) is 1. The topological polar surface area (TPSA) is 48.7 Å². The number of hydrogen-bond donors (Lipinski definition) is 1. The molecule has 0 amide bonds. The van der Waals surface area contributed by atoms with Gasteiger partial charge in [0.15, 0.2) is 0 Å². The molecule has 2 rings (SSSR count). The Balaban J connectivity index is 2.10. The van der Waals surface area contributed by atoms with E-state index in [1.54, 1.807) is 17.5 Å². The first-order chi connectivity index (χ1) is 8.81. The number of nitriles is 1. The molecule has 0 spiro atoms. The molecular weight excluding hydrogens is 242 g/mol. The summed E-state index contributed by atoms with van der Waals surface area (Å²) in [6, 6.07) is 12.5. The minimum absolute atomic E-state index is 0.0510. The van der Waals surface area contributed by atoms with Crippen molar-refractivity contribution in [2.75, 3.05) is 0 Å². The quantitative estimate of drug-likeness (QED) is 0.892. The van der Waals surface area contributed by atoms with Crippen LogP contribution in [0.4, 0.5) is 0 Å². The Hall–Kier alpha value is -1.70. The maximum atomic E-state index is 8.94. The molecule has 0 radical (unpaired) electrons. The predicted octanol–water partition coefficient (Wildman–Crippen LogP) is 3.45. The van der Waals surface area contributed by atoms with Gasteiger partial charge in [0.2, 0.25) is 0 Å². The van der Waals surface area contributed by atoms with Gasteiger partial charge < -0.3 is 5.32 Å². The van der Waals surface area contributed by atoms with Crippen molar-refractivity contribution in [1.82, 2.24) is 10.3 Å². The molecule has 2 atom stereocenters. The first kappa shape index (κ1) is 12.7. The molecule has 92 valence electrons. The highest BCUT2D eigenvalue weighted by Crippen LogP contribution is 2.22. The summed E-state index contributed by atoms with van der Waals surface area (Å²) in [6.45, 7) is 2.08. The highest BCUT2D eigenvalue weighted by molar-refractivity contribution is 7.09. The van der Waals surface area contributed by atoms with Crippen LogP contribution in [-0.4, -0.2) is 4.98 Å². The van der Waals surface area contributed by atoms with Crippen molar-refractivity contribution < 1.29 is 0 Å². The predicted molar refractivity (Wildman–Crippen MR) is 73.1 cm³/mol. The van der Waals surface area contributed by atoms with Crippen LogP contribution in [0.15, 0.2) is 41.9 Å². The van der Waals surface area contributed by atoms with Crippen molar-refractivity contribution in [3.63, 3.8) is 0 Å². The van der Waals surface area contributed by atoms with Crippen LogP contribution in [0.2, 0.25) is 0 Å². The summed E-state index contributed by atoms with van der Waals surface area (Å²) in [5, 5.41) is 15.4. The average Bonchev–Trinajstić information content (AvgIpc) is 2.93. The van der Waals surface area contributed by atoms with E-state index in [0.717, 1.165) is 10.6 Å². The van der Waals surface area contributed by atoms with Gasteiger partial charge in [-0.3, -0.25) is 0 Å². The number of rotatable bonds is 5. The molecular formula is C14H15N3S. The lowest BCUT2D eigenvalue weighted by Crippen LogP contribution is -2.24. The lowest BCUT2D eigenvalue weighted by molar-refractivity contribution is 0.471. The number of hydrogen-bond acceptors (Lipinski definition) is 4. The zero-order chi connectivity index (χ0) is 12.8. The van der Waals surface area contributed by atoms with Crippen molar-refractivity contribution in [3.05, 3.63) is 52.5 Å². The standard InChI is InChI=1S/C14H15N3S/c1-11(14-16-9-10-18-14)17-13(7-8-15)12-5-3-2-4-6-12/h2-6,9-11,13,17H,7H2,1H3. The maximum absolute atomic E-state index is 8.94. The van der Waals surface area contributed by atoms with Crippen LogP contribution in [0.1, 0.15) is 36.0 Å². The van der Waals surface area contributed by atoms with Crippen LogP contribution < -0.4 is 5.32 Å². The van der Waals surface area contributed by atoms with Crippen LogP contribution in [0.3, 0.4) is 0 Å². The van der Waals surface area contributed by atoms with Crippen LogP contribution in [0.5, 0.6) is 0 Å². The zero-order valence-electron chi connectivity index (χ0n) is 10.2. The van der Waals surface area contributed by atoms with E-state index in [1.807, 2.05) is 35.7 Å². The summed E-state index contributed by atoms with van der Waals surface area (Å²) in [5.74, 6) is 0. The Bertz CT molecular complexity index is 502. The van der Waals surface area contributed by atoms with Gasteiger partial charge in [-0.1, -0.05) is 30.3 Å². The lowest BCUT2D eigenvalue weighted by atomic mass is 10.0. The second-order valence-electron chi connectivity index (χ2n) is 4.08. The third-order valence-electron chi connectivity index (χ3n) is 2.77. The Labute approximate surface area is 111 Å². The van der Waals surface area contributed by atoms with E-state index in [1.165, 1.54) is 0 Å². The van der Waals surface area contributed by atoms with Gasteiger partial charge in [-0.15, -0.1) is 11.3 Å². The smallest absolute Gasteiger partial charge is 0.109 e. The van der Waals surface area contributed by atoms with Crippen molar-refractivity contribution in [2.45, 2.75) is 25.4 Å². The third kappa shape index (κ3) is 3.16. The number of benzene rings is 1. The fourth-order valence-corrected chi connectivity index (χ4v) is 2.53. The second kappa shape index (κ2) is 6.29. The normalized spacial score (nSPS) is 13.8. The van der Waals surface area contributed by atoms with E-state index in [9.17, 15) is 0 Å². The molecule has 4 heteroatoms. The lowest BCUT2D eigenvalue weighted by Gasteiger charge is -2.20. The highest BCUT2D eigenvalue weighted by Gasteiger charge is 2.16. The highest BCUT2D eigenvalue weighted by atomic mass is 32.1. The van der Waals surface area contributed by atoms with Crippen molar-refractivity contribution >= 4 is 11.3 Å². The Morgan fingerprint density at radius 3 is 2.78 bits per heavy atom. The molecule has 0 aliphatic heterocycles. The summed E-state index contributed by atoms with van der Waals surface area (Å²) in [5.41, 5.74) is 1.14. The van der Waals surface area contributed by atoms with Gasteiger partial charge in [0, 0.05) is 17.6 Å². The molecule has 1 heterocycles. The van der Waals surface area contributed by atoms with Crippen molar-refractivity contribution in [1.29, 1.82) is 5.26 Å². The van der Waals surface area contributed by atoms with Gasteiger partial charge in [0.05, 0.1) is 18.5 Å². The summed E-state index contributed by atoms with van der Waals surface area (Å²) in [6.07, 6.45) is 2.26. The van der Waals surface area contributed by atoms with Crippen LogP contribution in [0.25, 0.3) is 0 Å². The number of thiazole rings is 1. The third-order valence-corrected chi connectivity index (χ3v) is 3.73. The largest absolute Gasteiger partial charge is 0.300 e.